The molecular weight excluding hydrogens is 388 g/mol. The van der Waals surface area contributed by atoms with Gasteiger partial charge >= 0.3 is 0 Å². The number of hydrogen-bond donors (Lipinski definition) is 4. The summed E-state index contributed by atoms with van der Waals surface area (Å²) in [6, 6.07) is 25.4. The maximum atomic E-state index is 9.46. The van der Waals surface area contributed by atoms with Crippen molar-refractivity contribution < 1.29 is 14.9 Å². The number of aromatic hydroxyl groups is 2. The number of phenols is 2. The van der Waals surface area contributed by atoms with Gasteiger partial charge in [-0.3, -0.25) is 0 Å². The fraction of sp³-hybridized carbons (Fsp3) is 0.0769. The molecule has 0 amide bonds. The van der Waals surface area contributed by atoms with Gasteiger partial charge in [0.1, 0.15) is 23.0 Å². The Bertz CT molecular complexity index is 1190. The molecule has 4 aromatic rings. The molecule has 156 valence electrons. The van der Waals surface area contributed by atoms with Crippen molar-refractivity contribution in [2.75, 3.05) is 11.5 Å². The Hall–Kier alpha value is -4.12. The van der Waals surface area contributed by atoms with E-state index in [4.69, 9.17) is 16.2 Å². The largest absolute Gasteiger partial charge is 0.508 e. The summed E-state index contributed by atoms with van der Waals surface area (Å²) in [7, 11) is 0. The van der Waals surface area contributed by atoms with Gasteiger partial charge in [0.05, 0.1) is 0 Å². The standard InChI is InChI=1S/C26H24N2O3/c27-25-12-11-23(15-20(25)14-18-3-8-22(30)9-4-18)31-24-10-5-19(26(28)16-24)13-17-1-6-21(29)7-2-17/h1-12,15-16,29-30H,13-14,27-28H2. The maximum Gasteiger partial charge on any atom is 0.129 e. The highest BCUT2D eigenvalue weighted by Crippen LogP contribution is 2.30. The Kier molecular flexibility index (Phi) is 5.67. The number of nitrogen functional groups attached to an aromatic ring is 2. The molecular formula is C26H24N2O3. The van der Waals surface area contributed by atoms with Gasteiger partial charge in [0, 0.05) is 17.4 Å². The van der Waals surface area contributed by atoms with Crippen LogP contribution in [0.3, 0.4) is 0 Å². The second-order valence-corrected chi connectivity index (χ2v) is 7.51. The van der Waals surface area contributed by atoms with Crippen LogP contribution >= 0.6 is 0 Å². The summed E-state index contributed by atoms with van der Waals surface area (Å²) in [5.41, 5.74) is 17.8. The number of phenolic OH excluding ortho intramolecular Hbond substituents is 2. The second kappa shape index (κ2) is 8.71. The summed E-state index contributed by atoms with van der Waals surface area (Å²) in [4.78, 5) is 0. The molecule has 0 aliphatic rings. The van der Waals surface area contributed by atoms with Crippen molar-refractivity contribution in [3.63, 3.8) is 0 Å². The first-order chi connectivity index (χ1) is 15.0. The lowest BCUT2D eigenvalue weighted by molar-refractivity contribution is 0.474. The number of hydrogen-bond acceptors (Lipinski definition) is 5. The quantitative estimate of drug-likeness (QED) is 0.325. The molecule has 31 heavy (non-hydrogen) atoms. The summed E-state index contributed by atoms with van der Waals surface area (Å²) < 4.78 is 6.02. The van der Waals surface area contributed by atoms with Gasteiger partial charge in [-0.15, -0.1) is 0 Å². The zero-order valence-electron chi connectivity index (χ0n) is 17.0. The average Bonchev–Trinajstić information content (AvgIpc) is 2.75. The molecule has 6 N–H and O–H groups in total. The van der Waals surface area contributed by atoms with Crippen LogP contribution in [0.5, 0.6) is 23.0 Å². The third-order valence-corrected chi connectivity index (χ3v) is 5.13. The molecule has 0 bridgehead atoms. The molecule has 0 saturated carbocycles. The molecule has 5 nitrogen and oxygen atoms in total. The topological polar surface area (TPSA) is 102 Å². The predicted molar refractivity (Wildman–Crippen MR) is 124 cm³/mol. The number of anilines is 2. The van der Waals surface area contributed by atoms with Crippen LogP contribution in [-0.2, 0) is 12.8 Å². The van der Waals surface area contributed by atoms with Crippen molar-refractivity contribution in [2.45, 2.75) is 12.8 Å². The number of ether oxygens (including phenoxy) is 1. The predicted octanol–water partition coefficient (Wildman–Crippen LogP) is 5.24. The van der Waals surface area contributed by atoms with E-state index in [1.54, 1.807) is 24.3 Å². The Labute approximate surface area is 181 Å². The number of rotatable bonds is 6. The van der Waals surface area contributed by atoms with Crippen LogP contribution in [0.4, 0.5) is 11.4 Å². The van der Waals surface area contributed by atoms with E-state index in [2.05, 4.69) is 0 Å². The molecule has 0 aliphatic heterocycles. The van der Waals surface area contributed by atoms with Crippen LogP contribution in [0, 0.1) is 0 Å². The minimum Gasteiger partial charge on any atom is -0.508 e. The van der Waals surface area contributed by atoms with E-state index in [1.165, 1.54) is 0 Å². The van der Waals surface area contributed by atoms with Gasteiger partial charge in [-0.2, -0.15) is 0 Å². The zero-order valence-corrected chi connectivity index (χ0v) is 17.0. The van der Waals surface area contributed by atoms with E-state index >= 15 is 0 Å². The average molecular weight is 412 g/mol. The molecule has 0 unspecified atom stereocenters. The number of nitrogens with two attached hydrogens (primary N) is 2. The molecule has 4 rings (SSSR count). The van der Waals surface area contributed by atoms with E-state index in [0.717, 1.165) is 22.3 Å². The van der Waals surface area contributed by atoms with Crippen molar-refractivity contribution in [3.8, 4) is 23.0 Å². The van der Waals surface area contributed by atoms with E-state index in [9.17, 15) is 10.2 Å². The van der Waals surface area contributed by atoms with Gasteiger partial charge < -0.3 is 26.4 Å². The molecule has 4 aromatic carbocycles. The van der Waals surface area contributed by atoms with Crippen LogP contribution < -0.4 is 16.2 Å². The van der Waals surface area contributed by atoms with Crippen molar-refractivity contribution in [1.82, 2.24) is 0 Å². The number of benzene rings is 4. The summed E-state index contributed by atoms with van der Waals surface area (Å²) >= 11 is 0. The van der Waals surface area contributed by atoms with Crippen molar-refractivity contribution in [2.24, 2.45) is 0 Å². The molecule has 0 fully saturated rings. The van der Waals surface area contributed by atoms with Gasteiger partial charge in [0.25, 0.3) is 0 Å². The van der Waals surface area contributed by atoms with Crippen molar-refractivity contribution in [1.29, 1.82) is 0 Å². The van der Waals surface area contributed by atoms with Crippen LogP contribution in [0.2, 0.25) is 0 Å². The molecule has 5 heteroatoms. The lowest BCUT2D eigenvalue weighted by atomic mass is 10.0. The molecule has 0 spiro atoms. The van der Waals surface area contributed by atoms with E-state index in [0.29, 0.717) is 35.7 Å². The normalized spacial score (nSPS) is 10.7. The highest BCUT2D eigenvalue weighted by atomic mass is 16.5. The molecule has 0 heterocycles. The SMILES string of the molecule is Nc1cc(Oc2ccc(N)c(Cc3ccc(O)cc3)c2)ccc1Cc1ccc(O)cc1. The summed E-state index contributed by atoms with van der Waals surface area (Å²) in [5, 5.41) is 18.9. The first kappa shape index (κ1) is 20.2. The Morgan fingerprint density at radius 2 is 1.06 bits per heavy atom. The van der Waals surface area contributed by atoms with Gasteiger partial charge in [-0.25, -0.2) is 0 Å². The highest BCUT2D eigenvalue weighted by Gasteiger charge is 2.08. The summed E-state index contributed by atoms with van der Waals surface area (Å²) in [5.74, 6) is 1.80. The summed E-state index contributed by atoms with van der Waals surface area (Å²) in [6.07, 6.45) is 1.31. The van der Waals surface area contributed by atoms with E-state index < -0.39 is 0 Å². The Morgan fingerprint density at radius 1 is 0.548 bits per heavy atom. The molecule has 0 aromatic heterocycles. The van der Waals surface area contributed by atoms with Gasteiger partial charge in [-0.1, -0.05) is 30.3 Å². The smallest absolute Gasteiger partial charge is 0.129 e. The first-order valence-electron chi connectivity index (χ1n) is 9.97. The fourth-order valence-corrected chi connectivity index (χ4v) is 3.40. The third kappa shape index (κ3) is 5.08. The van der Waals surface area contributed by atoms with Crippen LogP contribution in [0.15, 0.2) is 84.9 Å². The monoisotopic (exact) mass is 412 g/mol. The third-order valence-electron chi connectivity index (χ3n) is 5.13. The Morgan fingerprint density at radius 3 is 1.65 bits per heavy atom. The van der Waals surface area contributed by atoms with Crippen LogP contribution in [-0.4, -0.2) is 10.2 Å². The highest BCUT2D eigenvalue weighted by molar-refractivity contribution is 5.56. The molecule has 0 aliphatic carbocycles. The van der Waals surface area contributed by atoms with Crippen molar-refractivity contribution >= 4 is 11.4 Å². The lowest BCUT2D eigenvalue weighted by Gasteiger charge is -2.12. The minimum absolute atomic E-state index is 0.236. The fourth-order valence-electron chi connectivity index (χ4n) is 3.40. The van der Waals surface area contributed by atoms with Crippen molar-refractivity contribution in [3.05, 3.63) is 107 Å². The van der Waals surface area contributed by atoms with Gasteiger partial charge in [0.15, 0.2) is 0 Å². The molecule has 0 saturated heterocycles. The van der Waals surface area contributed by atoms with Gasteiger partial charge in [0.2, 0.25) is 0 Å². The van der Waals surface area contributed by atoms with E-state index in [-0.39, 0.29) is 11.5 Å². The molecule has 0 atom stereocenters. The second-order valence-electron chi connectivity index (χ2n) is 7.51. The Balaban J connectivity index is 1.49. The maximum absolute atomic E-state index is 9.46. The molecule has 0 radical (unpaired) electrons. The van der Waals surface area contributed by atoms with Crippen LogP contribution in [0.25, 0.3) is 0 Å². The van der Waals surface area contributed by atoms with Gasteiger partial charge in [-0.05, 0) is 83.6 Å². The summed E-state index contributed by atoms with van der Waals surface area (Å²) in [6.45, 7) is 0. The first-order valence-corrected chi connectivity index (χ1v) is 9.97. The van der Waals surface area contributed by atoms with E-state index in [1.807, 2.05) is 60.7 Å². The zero-order chi connectivity index (χ0) is 21.8. The lowest BCUT2D eigenvalue weighted by Crippen LogP contribution is -1.98. The minimum atomic E-state index is 0.236. The van der Waals surface area contributed by atoms with Crippen LogP contribution in [0.1, 0.15) is 22.3 Å².